The van der Waals surface area contributed by atoms with Crippen molar-refractivity contribution in [3.63, 3.8) is 0 Å². The number of nitrogens with zero attached hydrogens (tertiary/aromatic N) is 2. The summed E-state index contributed by atoms with van der Waals surface area (Å²) in [6.45, 7) is 5.25. The highest BCUT2D eigenvalue weighted by Crippen LogP contribution is 2.33. The van der Waals surface area contributed by atoms with Gasteiger partial charge in [0.25, 0.3) is 0 Å². The lowest BCUT2D eigenvalue weighted by Gasteiger charge is -2.09. The first kappa shape index (κ1) is 27.9. The van der Waals surface area contributed by atoms with E-state index in [9.17, 15) is 13.2 Å². The topological polar surface area (TPSA) is 75.9 Å². The first-order valence-corrected chi connectivity index (χ1v) is 12.4. The number of alkyl halides is 3. The van der Waals surface area contributed by atoms with Crippen molar-refractivity contribution in [2.24, 2.45) is 0 Å². The summed E-state index contributed by atoms with van der Waals surface area (Å²) in [5, 5.41) is 10.7. The number of hydrogen-bond acceptors (Lipinski definition) is 5. The molecule has 0 saturated carbocycles. The van der Waals surface area contributed by atoms with Crippen LogP contribution >= 0.6 is 11.8 Å². The van der Waals surface area contributed by atoms with Crippen LogP contribution in [0.3, 0.4) is 0 Å². The predicted molar refractivity (Wildman–Crippen MR) is 140 cm³/mol. The number of anilines is 1. The maximum atomic E-state index is 10.6. The summed E-state index contributed by atoms with van der Waals surface area (Å²) in [6.07, 6.45) is -0.686. The van der Waals surface area contributed by atoms with Gasteiger partial charge in [-0.3, -0.25) is 4.40 Å². The number of rotatable bonds is 8. The van der Waals surface area contributed by atoms with Crippen LogP contribution in [-0.4, -0.2) is 40.3 Å². The van der Waals surface area contributed by atoms with Crippen LogP contribution in [0.5, 0.6) is 5.75 Å². The Labute approximate surface area is 217 Å². The zero-order valence-corrected chi connectivity index (χ0v) is 21.5. The molecule has 0 amide bonds. The molecule has 2 aromatic heterocycles. The number of hydrogen-bond donors (Lipinski definition) is 2. The Morgan fingerprint density at radius 2 is 1.68 bits per heavy atom. The largest absolute Gasteiger partial charge is 0.497 e. The number of halogens is 3. The third kappa shape index (κ3) is 7.66. The monoisotopic (exact) mass is 531 g/mol. The Hall–Kier alpha value is -3.66. The first-order chi connectivity index (χ1) is 17.6. The molecule has 4 rings (SSSR count). The molecule has 2 aromatic carbocycles. The van der Waals surface area contributed by atoms with Gasteiger partial charge in [0.15, 0.2) is 0 Å². The quantitative estimate of drug-likeness (QED) is 0.232. The van der Waals surface area contributed by atoms with Crippen molar-refractivity contribution in [3.05, 3.63) is 72.4 Å². The van der Waals surface area contributed by atoms with Crippen molar-refractivity contribution in [2.75, 3.05) is 19.0 Å². The van der Waals surface area contributed by atoms with Gasteiger partial charge in [-0.15, -0.1) is 0 Å². The van der Waals surface area contributed by atoms with Crippen LogP contribution in [0.4, 0.5) is 19.0 Å². The number of carboxylic acids is 1. The van der Waals surface area contributed by atoms with Crippen LogP contribution in [0.15, 0.2) is 76.7 Å². The summed E-state index contributed by atoms with van der Waals surface area (Å²) in [5.74, 6) is -0.818. The maximum Gasteiger partial charge on any atom is 0.490 e. The average Bonchev–Trinajstić information content (AvgIpc) is 3.22. The van der Waals surface area contributed by atoms with Crippen molar-refractivity contribution >= 4 is 29.2 Å². The van der Waals surface area contributed by atoms with Crippen LogP contribution in [0.1, 0.15) is 25.3 Å². The van der Waals surface area contributed by atoms with Gasteiger partial charge < -0.3 is 15.2 Å². The zero-order chi connectivity index (χ0) is 27.0. The fraction of sp³-hybridized carbons (Fsp3) is 0.259. The molecule has 0 aliphatic heterocycles. The Morgan fingerprint density at radius 3 is 2.22 bits per heavy atom. The summed E-state index contributed by atoms with van der Waals surface area (Å²) in [7, 11) is 1.69. The minimum atomic E-state index is -5.08. The number of unbranched alkanes of at least 4 members (excludes halogenated alkanes) is 1. The van der Waals surface area contributed by atoms with Crippen molar-refractivity contribution in [1.82, 2.24) is 9.38 Å². The molecular formula is C27H28F3N3O3S. The Kier molecular flexibility index (Phi) is 9.46. The lowest BCUT2D eigenvalue weighted by Crippen LogP contribution is -2.21. The summed E-state index contributed by atoms with van der Waals surface area (Å²) in [5.41, 5.74) is 4.30. The highest BCUT2D eigenvalue weighted by atomic mass is 32.2. The lowest BCUT2D eigenvalue weighted by atomic mass is 10.1. The van der Waals surface area contributed by atoms with E-state index in [-0.39, 0.29) is 0 Å². The van der Waals surface area contributed by atoms with E-state index in [1.165, 1.54) is 15.4 Å². The summed E-state index contributed by atoms with van der Waals surface area (Å²) in [4.78, 5) is 16.2. The molecule has 2 heterocycles. The second kappa shape index (κ2) is 12.5. The van der Waals surface area contributed by atoms with Gasteiger partial charge in [-0.25, -0.2) is 9.78 Å². The van der Waals surface area contributed by atoms with Gasteiger partial charge in [0, 0.05) is 28.1 Å². The number of carbonyl (C=O) groups is 1. The number of imidazole rings is 1. The number of nitrogens with one attached hydrogen (secondary N) is 1. The van der Waals surface area contributed by atoms with Crippen LogP contribution in [0.25, 0.3) is 16.9 Å². The van der Waals surface area contributed by atoms with E-state index in [2.05, 4.69) is 78.3 Å². The molecule has 37 heavy (non-hydrogen) atoms. The Balaban J connectivity index is 0.000000479. The lowest BCUT2D eigenvalue weighted by molar-refractivity contribution is -0.192. The zero-order valence-electron chi connectivity index (χ0n) is 20.7. The number of fused-ring (bicyclic) bond motifs is 1. The molecule has 0 aliphatic rings. The van der Waals surface area contributed by atoms with E-state index in [1.807, 2.05) is 12.1 Å². The smallest absolute Gasteiger partial charge is 0.490 e. The van der Waals surface area contributed by atoms with E-state index in [1.54, 1.807) is 18.9 Å². The molecule has 4 aromatic rings. The molecule has 0 saturated heterocycles. The van der Waals surface area contributed by atoms with Crippen LogP contribution in [0.2, 0.25) is 0 Å². The van der Waals surface area contributed by atoms with Crippen molar-refractivity contribution in [2.45, 2.75) is 42.7 Å². The van der Waals surface area contributed by atoms with Gasteiger partial charge in [-0.1, -0.05) is 37.2 Å². The van der Waals surface area contributed by atoms with Crippen LogP contribution in [-0.2, 0) is 4.79 Å². The number of aromatic nitrogens is 2. The molecule has 196 valence electrons. The summed E-state index contributed by atoms with van der Waals surface area (Å²) >= 11 is 1.74. The Bertz CT molecular complexity index is 1320. The minimum Gasteiger partial charge on any atom is -0.497 e. The van der Waals surface area contributed by atoms with Crippen molar-refractivity contribution in [3.8, 4) is 17.0 Å². The third-order valence-electron chi connectivity index (χ3n) is 5.27. The van der Waals surface area contributed by atoms with Gasteiger partial charge in [0.05, 0.1) is 7.11 Å². The molecule has 6 nitrogen and oxygen atoms in total. The van der Waals surface area contributed by atoms with Gasteiger partial charge in [-0.05, 0) is 67.4 Å². The van der Waals surface area contributed by atoms with Crippen molar-refractivity contribution < 1.29 is 27.8 Å². The minimum absolute atomic E-state index is 0.875. The highest BCUT2D eigenvalue weighted by molar-refractivity contribution is 7.99. The molecule has 0 radical (unpaired) electrons. The van der Waals surface area contributed by atoms with Gasteiger partial charge in [-0.2, -0.15) is 13.2 Å². The standard InChI is InChI=1S/C25H27N3OS.C2HF3O2/c1-4-5-15-26-25-24(27-23-17-18(2)14-16-28(23)25)19-6-10-21(11-7-19)30-22-12-8-20(29-3)9-13-22;3-2(4,5)1(6)7/h6-14,16-17,26H,4-5,15H2,1-3H3;(H,6,7). The normalized spacial score (nSPS) is 11.1. The number of benzene rings is 2. The molecule has 0 unspecified atom stereocenters. The maximum absolute atomic E-state index is 10.6. The van der Waals surface area contributed by atoms with Gasteiger partial charge >= 0.3 is 12.1 Å². The molecule has 0 bridgehead atoms. The van der Waals surface area contributed by atoms with E-state index < -0.39 is 12.1 Å². The molecule has 0 spiro atoms. The number of ether oxygens (including phenoxy) is 1. The summed E-state index contributed by atoms with van der Waals surface area (Å²) < 4.78 is 39.1. The van der Waals surface area contributed by atoms with E-state index >= 15 is 0 Å². The molecule has 0 fully saturated rings. The molecule has 0 atom stereocenters. The SMILES string of the molecule is CCCCNc1c(-c2ccc(Sc3ccc(OC)cc3)cc2)nc2cc(C)ccn12.O=C(O)C(F)(F)F. The molecule has 0 aliphatic carbocycles. The van der Waals surface area contributed by atoms with Gasteiger partial charge in [0.2, 0.25) is 0 Å². The van der Waals surface area contributed by atoms with E-state index in [4.69, 9.17) is 19.6 Å². The van der Waals surface area contributed by atoms with E-state index in [0.29, 0.717) is 0 Å². The number of pyridine rings is 1. The van der Waals surface area contributed by atoms with Gasteiger partial charge in [0.1, 0.15) is 22.9 Å². The molecule has 2 N–H and O–H groups in total. The fourth-order valence-electron chi connectivity index (χ4n) is 3.36. The summed E-state index contributed by atoms with van der Waals surface area (Å²) in [6, 6.07) is 21.0. The van der Waals surface area contributed by atoms with Crippen molar-refractivity contribution in [1.29, 1.82) is 0 Å². The van der Waals surface area contributed by atoms with Crippen LogP contribution in [0, 0.1) is 6.92 Å². The number of carboxylic acid groups (broad SMARTS) is 1. The number of aryl methyl sites for hydroxylation is 1. The number of methoxy groups -OCH3 is 1. The fourth-order valence-corrected chi connectivity index (χ4v) is 4.18. The van der Waals surface area contributed by atoms with E-state index in [0.717, 1.165) is 47.9 Å². The Morgan fingerprint density at radius 1 is 1.08 bits per heavy atom. The molecular weight excluding hydrogens is 503 g/mol. The average molecular weight is 532 g/mol. The number of aliphatic carboxylic acids is 1. The predicted octanol–water partition coefficient (Wildman–Crippen LogP) is 7.31. The molecule has 10 heteroatoms. The van der Waals surface area contributed by atoms with Crippen LogP contribution < -0.4 is 10.1 Å². The second-order valence-corrected chi connectivity index (χ2v) is 9.27. The highest BCUT2D eigenvalue weighted by Gasteiger charge is 2.38. The third-order valence-corrected chi connectivity index (χ3v) is 6.29. The second-order valence-electron chi connectivity index (χ2n) is 8.13. The first-order valence-electron chi connectivity index (χ1n) is 11.6.